The van der Waals surface area contributed by atoms with Gasteiger partial charge in [0, 0.05) is 24.8 Å². The van der Waals surface area contributed by atoms with Gasteiger partial charge in [0.2, 0.25) is 0 Å². The average Bonchev–Trinajstić information content (AvgIpc) is 2.97. The summed E-state index contributed by atoms with van der Waals surface area (Å²) in [7, 11) is -1.43. The Labute approximate surface area is 153 Å². The molecule has 1 aromatic heterocycles. The maximum absolute atomic E-state index is 12.7. The zero-order valence-corrected chi connectivity index (χ0v) is 15.9. The molecule has 3 rings (SSSR count). The summed E-state index contributed by atoms with van der Waals surface area (Å²) in [5, 5.41) is 3.21. The van der Waals surface area contributed by atoms with Crippen LogP contribution < -0.4 is 5.32 Å². The van der Waals surface area contributed by atoms with Crippen molar-refractivity contribution in [1.82, 2.24) is 14.9 Å². The number of hydrogen-bond acceptors (Lipinski definition) is 6. The van der Waals surface area contributed by atoms with Gasteiger partial charge in [-0.1, -0.05) is 12.1 Å². The first-order chi connectivity index (χ1) is 12.2. The maximum atomic E-state index is 12.7. The number of hydrogen-bond donors (Lipinski definition) is 1. The van der Waals surface area contributed by atoms with Gasteiger partial charge >= 0.3 is 0 Å². The number of nitrogens with one attached hydrogen (secondary N) is 1. The first kappa shape index (κ1) is 18.3. The van der Waals surface area contributed by atoms with Crippen LogP contribution in [0.2, 0.25) is 0 Å². The molecule has 0 bridgehead atoms. The predicted molar refractivity (Wildman–Crippen MR) is 100 cm³/mol. The zero-order chi connectivity index (χ0) is 18.9. The van der Waals surface area contributed by atoms with Crippen molar-refractivity contribution in [3.05, 3.63) is 47.4 Å². The second-order valence-electron chi connectivity index (χ2n) is 6.70. The molecule has 1 saturated heterocycles. The van der Waals surface area contributed by atoms with Gasteiger partial charge in [0.1, 0.15) is 17.8 Å². The number of aryl methyl sites for hydroxylation is 2. The van der Waals surface area contributed by atoms with E-state index in [1.807, 2.05) is 32.0 Å². The number of nitrogens with zero attached hydrogens (tertiary/aromatic N) is 3. The molecule has 1 amide bonds. The number of sulfone groups is 1. The fraction of sp³-hybridized carbons (Fsp3) is 0.389. The van der Waals surface area contributed by atoms with Crippen LogP contribution in [0.1, 0.15) is 28.0 Å². The largest absolute Gasteiger partial charge is 0.340 e. The molecule has 2 heterocycles. The Hall–Kier alpha value is -2.48. The molecule has 1 unspecified atom stereocenters. The highest BCUT2D eigenvalue weighted by Crippen LogP contribution is 2.22. The van der Waals surface area contributed by atoms with Gasteiger partial charge in [-0.05, 0) is 37.5 Å². The smallest absolute Gasteiger partial charge is 0.272 e. The van der Waals surface area contributed by atoms with Gasteiger partial charge in [-0.2, -0.15) is 0 Å². The summed E-state index contributed by atoms with van der Waals surface area (Å²) in [4.78, 5) is 22.4. The number of rotatable bonds is 4. The first-order valence-electron chi connectivity index (χ1n) is 8.39. The molecule has 1 fully saturated rings. The number of anilines is 2. The lowest BCUT2D eigenvalue weighted by Gasteiger charge is -2.23. The second kappa shape index (κ2) is 7.03. The molecule has 1 N–H and O–H groups in total. The number of carbonyl (C=O) groups is 1. The van der Waals surface area contributed by atoms with E-state index >= 15 is 0 Å². The van der Waals surface area contributed by atoms with Crippen molar-refractivity contribution < 1.29 is 13.2 Å². The lowest BCUT2D eigenvalue weighted by atomic mass is 10.1. The number of benzene rings is 1. The van der Waals surface area contributed by atoms with Crippen molar-refractivity contribution in [3.63, 3.8) is 0 Å². The Morgan fingerprint density at radius 2 is 2.00 bits per heavy atom. The maximum Gasteiger partial charge on any atom is 0.272 e. The third-order valence-corrected chi connectivity index (χ3v) is 6.37. The highest BCUT2D eigenvalue weighted by atomic mass is 32.2. The summed E-state index contributed by atoms with van der Waals surface area (Å²) in [6.45, 7) is 3.99. The van der Waals surface area contributed by atoms with Gasteiger partial charge in [-0.25, -0.2) is 18.4 Å². The lowest BCUT2D eigenvalue weighted by Crippen LogP contribution is -2.38. The van der Waals surface area contributed by atoms with Crippen molar-refractivity contribution in [2.75, 3.05) is 23.9 Å². The molecule has 0 radical (unpaired) electrons. The molecule has 1 aliphatic heterocycles. The van der Waals surface area contributed by atoms with Crippen LogP contribution >= 0.6 is 0 Å². The van der Waals surface area contributed by atoms with Crippen molar-refractivity contribution in [2.45, 2.75) is 26.3 Å². The van der Waals surface area contributed by atoms with E-state index in [-0.39, 0.29) is 29.1 Å². The van der Waals surface area contributed by atoms with Crippen LogP contribution in [-0.4, -0.2) is 53.8 Å². The monoisotopic (exact) mass is 374 g/mol. The van der Waals surface area contributed by atoms with Gasteiger partial charge in [-0.3, -0.25) is 4.79 Å². The van der Waals surface area contributed by atoms with Crippen LogP contribution in [0.4, 0.5) is 11.5 Å². The minimum atomic E-state index is -3.05. The van der Waals surface area contributed by atoms with E-state index in [1.165, 1.54) is 11.2 Å². The highest BCUT2D eigenvalue weighted by molar-refractivity contribution is 7.91. The van der Waals surface area contributed by atoms with Crippen LogP contribution in [-0.2, 0) is 9.84 Å². The normalized spacial score (nSPS) is 18.5. The molecular weight excluding hydrogens is 352 g/mol. The Morgan fingerprint density at radius 3 is 2.69 bits per heavy atom. The van der Waals surface area contributed by atoms with Gasteiger partial charge < -0.3 is 10.2 Å². The van der Waals surface area contributed by atoms with Crippen molar-refractivity contribution >= 4 is 27.2 Å². The quantitative estimate of drug-likeness (QED) is 0.881. The van der Waals surface area contributed by atoms with E-state index in [0.717, 1.165) is 16.8 Å². The zero-order valence-electron chi connectivity index (χ0n) is 15.1. The predicted octanol–water partition coefficient (Wildman–Crippen LogP) is 2.10. The minimum absolute atomic E-state index is 0.00785. The van der Waals surface area contributed by atoms with Gasteiger partial charge in [0.15, 0.2) is 9.84 Å². The van der Waals surface area contributed by atoms with E-state index in [1.54, 1.807) is 13.1 Å². The average molecular weight is 374 g/mol. The molecule has 138 valence electrons. The van der Waals surface area contributed by atoms with E-state index in [2.05, 4.69) is 15.3 Å². The summed E-state index contributed by atoms with van der Waals surface area (Å²) >= 11 is 0. The molecule has 0 saturated carbocycles. The fourth-order valence-electron chi connectivity index (χ4n) is 2.98. The van der Waals surface area contributed by atoms with Crippen molar-refractivity contribution in [2.24, 2.45) is 0 Å². The highest BCUT2D eigenvalue weighted by Gasteiger charge is 2.33. The van der Waals surface area contributed by atoms with E-state index in [4.69, 9.17) is 0 Å². The van der Waals surface area contributed by atoms with Crippen LogP contribution in [0, 0.1) is 13.8 Å². The standard InChI is InChI=1S/C18H22N4O3S/c1-12-4-5-13(2)15(8-12)21-17-9-16(19-11-20-17)18(23)22(3)14-6-7-26(24,25)10-14/h4-5,8-9,11,14H,6-7,10H2,1-3H3,(H,19,20,21). The summed E-state index contributed by atoms with van der Waals surface area (Å²) in [6.07, 6.45) is 1.79. The van der Waals surface area contributed by atoms with Crippen LogP contribution in [0.5, 0.6) is 0 Å². The summed E-state index contributed by atoms with van der Waals surface area (Å²) in [5.74, 6) is 0.342. The Morgan fingerprint density at radius 1 is 1.23 bits per heavy atom. The number of amides is 1. The Balaban J connectivity index is 1.78. The second-order valence-corrected chi connectivity index (χ2v) is 8.93. The molecule has 26 heavy (non-hydrogen) atoms. The van der Waals surface area contributed by atoms with E-state index < -0.39 is 9.84 Å². The van der Waals surface area contributed by atoms with E-state index in [0.29, 0.717) is 12.2 Å². The molecule has 2 aromatic rings. The molecule has 1 atom stereocenters. The van der Waals surface area contributed by atoms with Gasteiger partial charge in [-0.15, -0.1) is 0 Å². The fourth-order valence-corrected chi connectivity index (χ4v) is 4.75. The summed E-state index contributed by atoms with van der Waals surface area (Å²) in [6, 6.07) is 7.33. The lowest BCUT2D eigenvalue weighted by molar-refractivity contribution is 0.0741. The number of aromatic nitrogens is 2. The number of carbonyl (C=O) groups excluding carboxylic acids is 1. The summed E-state index contributed by atoms with van der Waals surface area (Å²) < 4.78 is 23.3. The van der Waals surface area contributed by atoms with Crippen LogP contribution in [0.15, 0.2) is 30.6 Å². The molecule has 7 nitrogen and oxygen atoms in total. The van der Waals surface area contributed by atoms with E-state index in [9.17, 15) is 13.2 Å². The molecule has 1 aromatic carbocycles. The third-order valence-electron chi connectivity index (χ3n) is 4.62. The van der Waals surface area contributed by atoms with Gasteiger partial charge in [0.25, 0.3) is 5.91 Å². The van der Waals surface area contributed by atoms with Gasteiger partial charge in [0.05, 0.1) is 11.5 Å². The van der Waals surface area contributed by atoms with Crippen molar-refractivity contribution in [3.8, 4) is 0 Å². The third kappa shape index (κ3) is 4.01. The first-order valence-corrected chi connectivity index (χ1v) is 10.2. The Bertz CT molecular complexity index is 943. The molecule has 8 heteroatoms. The molecular formula is C18H22N4O3S. The topological polar surface area (TPSA) is 92.3 Å². The molecule has 0 aliphatic carbocycles. The summed E-state index contributed by atoms with van der Waals surface area (Å²) in [5.41, 5.74) is 3.33. The van der Waals surface area contributed by atoms with Crippen molar-refractivity contribution in [1.29, 1.82) is 0 Å². The molecule has 1 aliphatic rings. The minimum Gasteiger partial charge on any atom is -0.340 e. The molecule has 0 spiro atoms. The van der Waals surface area contributed by atoms with Crippen LogP contribution in [0.25, 0.3) is 0 Å². The Kier molecular flexibility index (Phi) is 4.95. The SMILES string of the molecule is Cc1ccc(C)c(Nc2cc(C(=O)N(C)C3CCS(=O)(=O)C3)ncn2)c1. The van der Waals surface area contributed by atoms with Crippen LogP contribution in [0.3, 0.4) is 0 Å².